The van der Waals surface area contributed by atoms with Gasteiger partial charge >= 0.3 is 0 Å². The van der Waals surface area contributed by atoms with Crippen molar-refractivity contribution in [1.29, 1.82) is 0 Å². The topological polar surface area (TPSA) is 68.8 Å². The number of H-pyrrole nitrogens is 1. The SMILES string of the molecule is CN=C(NCCN(C)CCOC)N(C)Cc1ncc(-c2ccccc2)[nH]1.I. The quantitative estimate of drug-likeness (QED) is 0.324. The van der Waals surface area contributed by atoms with Crippen LogP contribution < -0.4 is 5.32 Å². The van der Waals surface area contributed by atoms with Gasteiger partial charge in [-0.3, -0.25) is 4.99 Å². The number of ether oxygens (including phenoxy) is 1. The normalized spacial score (nSPS) is 11.4. The molecule has 7 nitrogen and oxygen atoms in total. The summed E-state index contributed by atoms with van der Waals surface area (Å²) in [5.41, 5.74) is 2.16. The summed E-state index contributed by atoms with van der Waals surface area (Å²) in [4.78, 5) is 16.5. The third-order valence-corrected chi connectivity index (χ3v) is 4.13. The summed E-state index contributed by atoms with van der Waals surface area (Å²) in [6.45, 7) is 4.07. The molecule has 0 aliphatic heterocycles. The van der Waals surface area contributed by atoms with E-state index in [1.165, 1.54) is 0 Å². The van der Waals surface area contributed by atoms with E-state index in [9.17, 15) is 0 Å². The van der Waals surface area contributed by atoms with Crippen LogP contribution in [-0.4, -0.2) is 80.2 Å². The summed E-state index contributed by atoms with van der Waals surface area (Å²) in [7, 11) is 7.61. The van der Waals surface area contributed by atoms with Crippen LogP contribution in [0.1, 0.15) is 5.82 Å². The monoisotopic (exact) mass is 486 g/mol. The van der Waals surface area contributed by atoms with Crippen LogP contribution in [-0.2, 0) is 11.3 Å². The van der Waals surface area contributed by atoms with Crippen molar-refractivity contribution in [1.82, 2.24) is 25.1 Å². The number of methoxy groups -OCH3 is 1. The van der Waals surface area contributed by atoms with E-state index >= 15 is 0 Å². The number of rotatable bonds is 9. The van der Waals surface area contributed by atoms with Crippen molar-refractivity contribution >= 4 is 29.9 Å². The maximum Gasteiger partial charge on any atom is 0.193 e. The second kappa shape index (κ2) is 12.7. The Labute approximate surface area is 179 Å². The van der Waals surface area contributed by atoms with E-state index < -0.39 is 0 Å². The molecule has 0 atom stereocenters. The molecule has 0 spiro atoms. The highest BCUT2D eigenvalue weighted by Gasteiger charge is 2.10. The van der Waals surface area contributed by atoms with Crippen molar-refractivity contribution in [3.05, 3.63) is 42.4 Å². The highest BCUT2D eigenvalue weighted by atomic mass is 127. The highest BCUT2D eigenvalue weighted by Crippen LogP contribution is 2.16. The summed E-state index contributed by atoms with van der Waals surface area (Å²) in [6.07, 6.45) is 1.87. The molecule has 0 aliphatic carbocycles. The molecule has 27 heavy (non-hydrogen) atoms. The summed E-state index contributed by atoms with van der Waals surface area (Å²) in [5.74, 6) is 1.76. The lowest BCUT2D eigenvalue weighted by Gasteiger charge is -2.22. The van der Waals surface area contributed by atoms with E-state index in [-0.39, 0.29) is 24.0 Å². The number of aliphatic imine (C=N–C) groups is 1. The van der Waals surface area contributed by atoms with Crippen LogP contribution in [0, 0.1) is 0 Å². The molecule has 150 valence electrons. The van der Waals surface area contributed by atoms with E-state index in [1.807, 2.05) is 31.4 Å². The number of guanidine groups is 1. The zero-order valence-corrected chi connectivity index (χ0v) is 18.9. The molecule has 0 aliphatic rings. The Hall–Kier alpha value is -1.65. The minimum Gasteiger partial charge on any atom is -0.383 e. The van der Waals surface area contributed by atoms with Crippen molar-refractivity contribution in [3.8, 4) is 11.3 Å². The van der Waals surface area contributed by atoms with Gasteiger partial charge < -0.3 is 24.8 Å². The molecule has 1 aromatic heterocycles. The molecule has 0 bridgehead atoms. The Kier molecular flexibility index (Phi) is 11.0. The Morgan fingerprint density at radius 2 is 1.96 bits per heavy atom. The lowest BCUT2D eigenvalue weighted by molar-refractivity contribution is 0.162. The number of hydrogen-bond donors (Lipinski definition) is 2. The molecule has 8 heteroatoms. The lowest BCUT2D eigenvalue weighted by atomic mass is 10.2. The molecule has 2 N–H and O–H groups in total. The van der Waals surface area contributed by atoms with Crippen LogP contribution in [0.4, 0.5) is 0 Å². The Morgan fingerprint density at radius 3 is 2.63 bits per heavy atom. The second-order valence-corrected chi connectivity index (χ2v) is 6.24. The predicted octanol–water partition coefficient (Wildman–Crippen LogP) is 2.28. The van der Waals surface area contributed by atoms with Gasteiger partial charge in [0.1, 0.15) is 5.82 Å². The van der Waals surface area contributed by atoms with Crippen LogP contribution in [0.25, 0.3) is 11.3 Å². The maximum atomic E-state index is 5.10. The van der Waals surface area contributed by atoms with E-state index in [4.69, 9.17) is 4.74 Å². The van der Waals surface area contributed by atoms with Crippen LogP contribution >= 0.6 is 24.0 Å². The lowest BCUT2D eigenvalue weighted by Crippen LogP contribution is -2.42. The van der Waals surface area contributed by atoms with Gasteiger partial charge in [-0.25, -0.2) is 4.98 Å². The molecule has 1 heterocycles. The molecular weight excluding hydrogens is 455 g/mol. The third-order valence-electron chi connectivity index (χ3n) is 4.13. The summed E-state index contributed by atoms with van der Waals surface area (Å²) >= 11 is 0. The summed E-state index contributed by atoms with van der Waals surface area (Å²) < 4.78 is 5.10. The molecule has 0 fully saturated rings. The molecule has 2 rings (SSSR count). The molecule has 0 radical (unpaired) electrons. The van der Waals surface area contributed by atoms with Gasteiger partial charge in [0.05, 0.1) is 25.0 Å². The van der Waals surface area contributed by atoms with Gasteiger partial charge in [0.25, 0.3) is 0 Å². The number of aromatic amines is 1. The van der Waals surface area contributed by atoms with Gasteiger partial charge in [-0.15, -0.1) is 24.0 Å². The Balaban J connectivity index is 0.00000364. The first-order valence-corrected chi connectivity index (χ1v) is 8.82. The zero-order valence-electron chi connectivity index (χ0n) is 16.6. The minimum atomic E-state index is 0. The molecule has 0 amide bonds. The van der Waals surface area contributed by atoms with Gasteiger partial charge in [0.2, 0.25) is 0 Å². The molecule has 2 aromatic rings. The van der Waals surface area contributed by atoms with Crippen molar-refractivity contribution in [2.24, 2.45) is 4.99 Å². The molecule has 0 saturated heterocycles. The number of nitrogens with zero attached hydrogens (tertiary/aromatic N) is 4. The molecule has 0 saturated carbocycles. The van der Waals surface area contributed by atoms with E-state index in [0.29, 0.717) is 6.54 Å². The maximum absolute atomic E-state index is 5.10. The number of nitrogens with one attached hydrogen (secondary N) is 2. The highest BCUT2D eigenvalue weighted by molar-refractivity contribution is 14.0. The fourth-order valence-electron chi connectivity index (χ4n) is 2.61. The largest absolute Gasteiger partial charge is 0.383 e. The number of hydrogen-bond acceptors (Lipinski definition) is 4. The van der Waals surface area contributed by atoms with Crippen LogP contribution in [0.15, 0.2) is 41.5 Å². The van der Waals surface area contributed by atoms with Gasteiger partial charge in [-0.1, -0.05) is 30.3 Å². The molecular formula is C19H31IN6O. The average molecular weight is 486 g/mol. The summed E-state index contributed by atoms with van der Waals surface area (Å²) in [5, 5.41) is 3.39. The van der Waals surface area contributed by atoms with Crippen molar-refractivity contribution in [2.45, 2.75) is 6.54 Å². The number of imidazole rings is 1. The number of benzene rings is 1. The predicted molar refractivity (Wildman–Crippen MR) is 122 cm³/mol. The number of halogens is 1. The van der Waals surface area contributed by atoms with Crippen molar-refractivity contribution in [3.63, 3.8) is 0 Å². The first kappa shape index (κ1) is 23.4. The summed E-state index contributed by atoms with van der Waals surface area (Å²) in [6, 6.07) is 10.2. The van der Waals surface area contributed by atoms with Gasteiger partial charge in [0, 0.05) is 40.8 Å². The van der Waals surface area contributed by atoms with Crippen LogP contribution in [0.3, 0.4) is 0 Å². The molecule has 1 aromatic carbocycles. The minimum absolute atomic E-state index is 0. The Morgan fingerprint density at radius 1 is 1.22 bits per heavy atom. The second-order valence-electron chi connectivity index (χ2n) is 6.24. The van der Waals surface area contributed by atoms with E-state index in [1.54, 1.807) is 14.2 Å². The first-order chi connectivity index (χ1) is 12.6. The van der Waals surface area contributed by atoms with Gasteiger partial charge in [0.15, 0.2) is 5.96 Å². The first-order valence-electron chi connectivity index (χ1n) is 8.82. The Bertz CT molecular complexity index is 676. The molecule has 0 unspecified atom stereocenters. The van der Waals surface area contributed by atoms with E-state index in [0.717, 1.165) is 49.3 Å². The van der Waals surface area contributed by atoms with Crippen molar-refractivity contribution in [2.75, 3.05) is 54.5 Å². The smallest absolute Gasteiger partial charge is 0.193 e. The van der Waals surface area contributed by atoms with Gasteiger partial charge in [-0.2, -0.15) is 0 Å². The standard InChI is InChI=1S/C19H30N6O.HI/c1-20-19(21-10-11-24(2)12-13-26-4)25(3)15-18-22-14-17(23-18)16-8-6-5-7-9-16;/h5-9,14H,10-13,15H2,1-4H3,(H,20,21)(H,22,23);1H. The van der Waals surface area contributed by atoms with E-state index in [2.05, 4.69) is 49.3 Å². The van der Waals surface area contributed by atoms with Gasteiger partial charge in [-0.05, 0) is 12.6 Å². The third kappa shape index (κ3) is 7.86. The number of likely N-dealkylation sites (N-methyl/N-ethyl adjacent to an activating group) is 1. The van der Waals surface area contributed by atoms with Crippen LogP contribution in [0.2, 0.25) is 0 Å². The van der Waals surface area contributed by atoms with Crippen molar-refractivity contribution < 1.29 is 4.74 Å². The average Bonchev–Trinajstić information content (AvgIpc) is 3.12. The zero-order chi connectivity index (χ0) is 18.8. The fourth-order valence-corrected chi connectivity index (χ4v) is 2.61. The fraction of sp³-hybridized carbons (Fsp3) is 0.474. The number of aromatic nitrogens is 2. The van der Waals surface area contributed by atoms with Crippen LogP contribution in [0.5, 0.6) is 0 Å².